The molecule has 0 atom stereocenters. The van der Waals surface area contributed by atoms with Crippen LogP contribution in [0.15, 0.2) is 81.2 Å². The van der Waals surface area contributed by atoms with E-state index in [4.69, 9.17) is 16.6 Å². The summed E-state index contributed by atoms with van der Waals surface area (Å²) in [5, 5.41) is 10.8. The first-order chi connectivity index (χ1) is 15.1. The molecule has 0 spiro atoms. The smallest absolute Gasteiger partial charge is 0.345 e. The molecule has 0 aliphatic carbocycles. The Morgan fingerprint density at radius 2 is 1.87 bits per heavy atom. The molecule has 0 unspecified atom stereocenters. The molecule has 1 aliphatic rings. The molecule has 3 heterocycles. The molecular formula is C22H14N4O3S2. The van der Waals surface area contributed by atoms with Gasteiger partial charge in [0.2, 0.25) is 0 Å². The van der Waals surface area contributed by atoms with Gasteiger partial charge >= 0.3 is 5.63 Å². The minimum Gasteiger partial charge on any atom is -0.422 e. The van der Waals surface area contributed by atoms with Crippen molar-refractivity contribution >= 4 is 51.4 Å². The SMILES string of the molecule is O=C1CSC(=S)N1N=Cc1cn(-c2ccccc2)nc1-c1cc2ccccc2oc1=O. The van der Waals surface area contributed by atoms with Gasteiger partial charge in [-0.05, 0) is 24.3 Å². The average molecular weight is 447 g/mol. The lowest BCUT2D eigenvalue weighted by Gasteiger charge is -2.06. The largest absolute Gasteiger partial charge is 0.422 e. The van der Waals surface area contributed by atoms with Crippen LogP contribution < -0.4 is 5.63 Å². The average Bonchev–Trinajstić information content (AvgIpc) is 3.35. The third-order valence-corrected chi connectivity index (χ3v) is 6.04. The fraction of sp³-hybridized carbons (Fsp3) is 0.0455. The number of aromatic nitrogens is 2. The Labute approximate surface area is 186 Å². The summed E-state index contributed by atoms with van der Waals surface area (Å²) in [5.74, 6) is 0.0779. The molecule has 4 aromatic rings. The number of nitrogens with zero attached hydrogens (tertiary/aromatic N) is 4. The van der Waals surface area contributed by atoms with Crippen molar-refractivity contribution in [3.05, 3.63) is 82.8 Å². The van der Waals surface area contributed by atoms with E-state index in [1.54, 1.807) is 29.1 Å². The highest BCUT2D eigenvalue weighted by atomic mass is 32.2. The van der Waals surface area contributed by atoms with Crippen LogP contribution in [0.25, 0.3) is 27.9 Å². The van der Waals surface area contributed by atoms with Crippen molar-refractivity contribution in [2.75, 3.05) is 5.75 Å². The Morgan fingerprint density at radius 3 is 2.65 bits per heavy atom. The van der Waals surface area contributed by atoms with Crippen molar-refractivity contribution in [3.8, 4) is 16.9 Å². The van der Waals surface area contributed by atoms with E-state index >= 15 is 0 Å². The second-order valence-electron chi connectivity index (χ2n) is 6.70. The van der Waals surface area contributed by atoms with Crippen molar-refractivity contribution in [3.63, 3.8) is 0 Å². The van der Waals surface area contributed by atoms with Gasteiger partial charge in [0, 0.05) is 17.1 Å². The minimum atomic E-state index is -0.505. The second-order valence-corrected chi connectivity index (χ2v) is 8.31. The number of carbonyl (C=O) groups is 1. The van der Waals surface area contributed by atoms with Gasteiger partial charge in [0.1, 0.15) is 11.3 Å². The van der Waals surface area contributed by atoms with E-state index in [1.165, 1.54) is 23.0 Å². The van der Waals surface area contributed by atoms with Crippen LogP contribution in [-0.2, 0) is 4.79 Å². The number of thiocarbonyl (C=S) groups is 1. The maximum atomic E-state index is 12.7. The highest BCUT2D eigenvalue weighted by Gasteiger charge is 2.26. The van der Waals surface area contributed by atoms with Gasteiger partial charge in [0.25, 0.3) is 5.91 Å². The number of hydrazone groups is 1. The monoisotopic (exact) mass is 446 g/mol. The van der Waals surface area contributed by atoms with Crippen LogP contribution in [0.1, 0.15) is 5.56 Å². The quantitative estimate of drug-likeness (QED) is 0.269. The summed E-state index contributed by atoms with van der Waals surface area (Å²) in [4.78, 5) is 24.8. The lowest BCUT2D eigenvalue weighted by molar-refractivity contribution is -0.123. The van der Waals surface area contributed by atoms with Crippen LogP contribution in [0, 0.1) is 0 Å². The molecule has 0 N–H and O–H groups in total. The van der Waals surface area contributed by atoms with E-state index in [-0.39, 0.29) is 11.7 Å². The van der Waals surface area contributed by atoms with Crippen molar-refractivity contribution < 1.29 is 9.21 Å². The number of hydrogen-bond acceptors (Lipinski definition) is 7. The second kappa shape index (κ2) is 7.93. The maximum absolute atomic E-state index is 12.7. The molecule has 0 bridgehead atoms. The zero-order valence-corrected chi connectivity index (χ0v) is 17.6. The number of thioether (sulfide) groups is 1. The number of benzene rings is 2. The molecule has 7 nitrogen and oxygen atoms in total. The topological polar surface area (TPSA) is 80.7 Å². The van der Waals surface area contributed by atoms with E-state index in [1.807, 2.05) is 42.5 Å². The van der Waals surface area contributed by atoms with Crippen molar-refractivity contribution in [2.45, 2.75) is 0 Å². The summed E-state index contributed by atoms with van der Waals surface area (Å²) in [7, 11) is 0. The number of rotatable bonds is 4. The van der Waals surface area contributed by atoms with E-state index < -0.39 is 5.63 Å². The molecule has 0 saturated carbocycles. The fourth-order valence-corrected chi connectivity index (χ4v) is 4.18. The predicted octanol–water partition coefficient (Wildman–Crippen LogP) is 3.84. The van der Waals surface area contributed by atoms with E-state index in [0.717, 1.165) is 11.1 Å². The highest BCUT2D eigenvalue weighted by Crippen LogP contribution is 2.25. The molecule has 1 aliphatic heterocycles. The van der Waals surface area contributed by atoms with Crippen LogP contribution in [0.2, 0.25) is 0 Å². The van der Waals surface area contributed by atoms with Gasteiger partial charge in [-0.25, -0.2) is 9.48 Å². The zero-order valence-electron chi connectivity index (χ0n) is 16.0. The molecule has 5 rings (SSSR count). The van der Waals surface area contributed by atoms with Gasteiger partial charge in [-0.2, -0.15) is 15.2 Å². The molecular weight excluding hydrogens is 432 g/mol. The molecule has 1 fully saturated rings. The first kappa shape index (κ1) is 19.4. The standard InChI is InChI=1S/C22H14N4O3S2/c27-19-13-31-22(30)26(19)23-11-15-12-25(16-7-2-1-3-8-16)24-20(15)17-10-14-6-4-5-9-18(14)29-21(17)28/h1-12H,13H2. The van der Waals surface area contributed by atoms with Crippen molar-refractivity contribution in [1.82, 2.24) is 14.8 Å². The molecule has 31 heavy (non-hydrogen) atoms. The fourth-order valence-electron chi connectivity index (χ4n) is 3.21. The first-order valence-corrected chi connectivity index (χ1v) is 10.7. The Hall–Kier alpha value is -3.56. The molecule has 2 aromatic carbocycles. The summed E-state index contributed by atoms with van der Waals surface area (Å²) in [6.07, 6.45) is 3.24. The number of para-hydroxylation sites is 2. The Morgan fingerprint density at radius 1 is 1.10 bits per heavy atom. The van der Waals surface area contributed by atoms with Crippen molar-refractivity contribution in [2.24, 2.45) is 5.10 Å². The van der Waals surface area contributed by atoms with E-state index in [2.05, 4.69) is 10.2 Å². The van der Waals surface area contributed by atoms with Crippen LogP contribution >= 0.6 is 24.0 Å². The third kappa shape index (κ3) is 3.69. The number of amides is 1. The van der Waals surface area contributed by atoms with Gasteiger partial charge < -0.3 is 4.42 Å². The molecule has 0 radical (unpaired) electrons. The van der Waals surface area contributed by atoms with Crippen LogP contribution in [0.5, 0.6) is 0 Å². The Balaban J connectivity index is 1.66. The minimum absolute atomic E-state index is 0.187. The van der Waals surface area contributed by atoms with E-state index in [9.17, 15) is 9.59 Å². The molecule has 152 valence electrons. The summed E-state index contributed by atoms with van der Waals surface area (Å²) in [6, 6.07) is 18.5. The van der Waals surface area contributed by atoms with Crippen molar-refractivity contribution in [1.29, 1.82) is 0 Å². The van der Waals surface area contributed by atoms with Gasteiger partial charge in [-0.15, -0.1) is 0 Å². The normalized spacial score (nSPS) is 14.3. The molecule has 1 amide bonds. The Bertz CT molecular complexity index is 1390. The predicted molar refractivity (Wildman–Crippen MR) is 125 cm³/mol. The lowest BCUT2D eigenvalue weighted by atomic mass is 10.1. The number of carbonyl (C=O) groups excluding carboxylic acids is 1. The molecule has 9 heteroatoms. The Kier molecular flexibility index (Phi) is 4.97. The van der Waals surface area contributed by atoms with Gasteiger partial charge in [0.05, 0.1) is 23.2 Å². The van der Waals surface area contributed by atoms with Crippen LogP contribution in [-0.4, -0.2) is 37.0 Å². The molecule has 1 saturated heterocycles. The number of hydrogen-bond donors (Lipinski definition) is 0. The van der Waals surface area contributed by atoms with Crippen LogP contribution in [0.4, 0.5) is 0 Å². The maximum Gasteiger partial charge on any atom is 0.345 e. The highest BCUT2D eigenvalue weighted by molar-refractivity contribution is 8.23. The summed E-state index contributed by atoms with van der Waals surface area (Å²) >= 11 is 6.45. The number of fused-ring (bicyclic) bond motifs is 1. The lowest BCUT2D eigenvalue weighted by Crippen LogP contribution is -2.22. The van der Waals surface area contributed by atoms with E-state index in [0.29, 0.717) is 26.7 Å². The van der Waals surface area contributed by atoms with Crippen LogP contribution in [0.3, 0.4) is 0 Å². The molecule has 2 aromatic heterocycles. The summed E-state index contributed by atoms with van der Waals surface area (Å²) in [6.45, 7) is 0. The van der Waals surface area contributed by atoms with Gasteiger partial charge in [-0.1, -0.05) is 60.4 Å². The zero-order chi connectivity index (χ0) is 21.4. The van der Waals surface area contributed by atoms with Gasteiger partial charge in [-0.3, -0.25) is 4.79 Å². The summed E-state index contributed by atoms with van der Waals surface area (Å²) < 4.78 is 7.54. The first-order valence-electron chi connectivity index (χ1n) is 9.32. The van der Waals surface area contributed by atoms with Gasteiger partial charge in [0.15, 0.2) is 4.32 Å². The summed E-state index contributed by atoms with van der Waals surface area (Å²) in [5.41, 5.74) is 2.07. The third-order valence-electron chi connectivity index (χ3n) is 4.70.